The van der Waals surface area contributed by atoms with Crippen LogP contribution in [0.15, 0.2) is 18.3 Å². The van der Waals surface area contributed by atoms with E-state index in [4.69, 9.17) is 4.74 Å². The minimum absolute atomic E-state index is 0.00607. The van der Waals surface area contributed by atoms with Crippen molar-refractivity contribution in [1.29, 1.82) is 0 Å². The summed E-state index contributed by atoms with van der Waals surface area (Å²) in [7, 11) is 0. The highest BCUT2D eigenvalue weighted by Crippen LogP contribution is 2.30. The Bertz CT molecular complexity index is 642. The van der Waals surface area contributed by atoms with Gasteiger partial charge in [-0.3, -0.25) is 0 Å². The molecule has 2 N–H and O–H groups in total. The molecule has 1 aromatic rings. The van der Waals surface area contributed by atoms with Crippen LogP contribution >= 0.6 is 0 Å². The number of aliphatic hydroxyl groups excluding tert-OH is 1. The second-order valence-corrected chi connectivity index (χ2v) is 7.95. The fourth-order valence-corrected chi connectivity index (χ4v) is 4.32. The third kappa shape index (κ3) is 4.46. The molecule has 7 heteroatoms. The van der Waals surface area contributed by atoms with Crippen molar-refractivity contribution in [3.63, 3.8) is 0 Å². The molecule has 3 heterocycles. The molecule has 1 aromatic heterocycles. The zero-order valence-electron chi connectivity index (χ0n) is 15.8. The van der Waals surface area contributed by atoms with Crippen molar-refractivity contribution in [3.8, 4) is 5.75 Å². The maximum atomic E-state index is 12.5. The number of anilines is 1. The number of rotatable bonds is 4. The Balaban J connectivity index is 1.30. The van der Waals surface area contributed by atoms with Crippen LogP contribution in [0, 0.1) is 0 Å². The van der Waals surface area contributed by atoms with Crippen LogP contribution in [-0.4, -0.2) is 65.5 Å². The van der Waals surface area contributed by atoms with Crippen LogP contribution in [0.1, 0.15) is 44.9 Å². The predicted molar refractivity (Wildman–Crippen MR) is 103 cm³/mol. The normalized spacial score (nSPS) is 28.4. The molecule has 3 fully saturated rings. The summed E-state index contributed by atoms with van der Waals surface area (Å²) in [5, 5.41) is 12.7. The lowest BCUT2D eigenvalue weighted by Gasteiger charge is -2.28. The zero-order chi connectivity index (χ0) is 18.6. The van der Waals surface area contributed by atoms with Gasteiger partial charge in [0, 0.05) is 38.3 Å². The minimum atomic E-state index is -0.202. The molecule has 27 heavy (non-hydrogen) atoms. The summed E-state index contributed by atoms with van der Waals surface area (Å²) >= 11 is 0. The fraction of sp³-hybridized carbons (Fsp3) is 0.700. The van der Waals surface area contributed by atoms with Crippen molar-refractivity contribution in [2.75, 3.05) is 31.1 Å². The summed E-state index contributed by atoms with van der Waals surface area (Å²) in [5.41, 5.74) is 0. The summed E-state index contributed by atoms with van der Waals surface area (Å²) in [6.45, 7) is 3.38. The highest BCUT2D eigenvalue weighted by atomic mass is 16.5. The fourth-order valence-electron chi connectivity index (χ4n) is 4.32. The van der Waals surface area contributed by atoms with Crippen molar-refractivity contribution in [2.24, 2.45) is 0 Å². The quantitative estimate of drug-likeness (QED) is 0.844. The largest absolute Gasteiger partial charge is 0.485 e. The molecule has 3 aliphatic rings. The molecule has 148 valence electrons. The molecule has 0 bridgehead atoms. The molecule has 1 atom stereocenters. The van der Waals surface area contributed by atoms with Crippen LogP contribution in [0.3, 0.4) is 0 Å². The maximum absolute atomic E-state index is 12.5. The molecule has 2 saturated heterocycles. The highest BCUT2D eigenvalue weighted by Gasteiger charge is 2.30. The van der Waals surface area contributed by atoms with Gasteiger partial charge in [0.1, 0.15) is 6.10 Å². The van der Waals surface area contributed by atoms with Gasteiger partial charge in [-0.2, -0.15) is 0 Å². The number of carbonyl (C=O) groups is 1. The molecule has 0 aromatic carbocycles. The van der Waals surface area contributed by atoms with Crippen LogP contribution in [0.4, 0.5) is 10.6 Å². The Hall–Kier alpha value is -2.02. The number of aromatic nitrogens is 1. The zero-order valence-corrected chi connectivity index (χ0v) is 15.8. The molecule has 1 saturated carbocycles. The van der Waals surface area contributed by atoms with E-state index in [9.17, 15) is 9.90 Å². The molecular weight excluding hydrogens is 344 g/mol. The first-order valence-corrected chi connectivity index (χ1v) is 10.3. The molecular formula is C20H30N4O3. The number of aliphatic hydroxyl groups is 1. The van der Waals surface area contributed by atoms with E-state index in [-0.39, 0.29) is 24.3 Å². The van der Waals surface area contributed by atoms with Crippen molar-refractivity contribution in [2.45, 2.75) is 63.2 Å². The number of hydrogen-bond donors (Lipinski definition) is 2. The van der Waals surface area contributed by atoms with Gasteiger partial charge in [-0.05, 0) is 50.7 Å². The smallest absolute Gasteiger partial charge is 0.317 e. The summed E-state index contributed by atoms with van der Waals surface area (Å²) in [5.74, 6) is 1.76. The van der Waals surface area contributed by atoms with Crippen LogP contribution < -0.4 is 15.0 Å². The standard InChI is InChI=1S/C20H30N4O3/c25-16-7-5-15(6-8-16)22-20(26)24-13-9-17(14-24)27-18-4-3-10-21-19(18)23-11-1-2-12-23/h3-4,10,15-17,25H,1-2,5-9,11-14H2,(H,22,26). The topological polar surface area (TPSA) is 77.9 Å². The van der Waals surface area contributed by atoms with E-state index >= 15 is 0 Å². The van der Waals surface area contributed by atoms with Gasteiger partial charge in [0.2, 0.25) is 0 Å². The number of urea groups is 1. The third-order valence-electron chi connectivity index (χ3n) is 5.91. The van der Waals surface area contributed by atoms with Crippen LogP contribution in [-0.2, 0) is 0 Å². The minimum Gasteiger partial charge on any atom is -0.485 e. The van der Waals surface area contributed by atoms with Crippen LogP contribution in [0.2, 0.25) is 0 Å². The number of hydrogen-bond acceptors (Lipinski definition) is 5. The molecule has 4 rings (SSSR count). The Morgan fingerprint density at radius 1 is 1.15 bits per heavy atom. The first-order chi connectivity index (χ1) is 13.2. The monoisotopic (exact) mass is 374 g/mol. The summed E-state index contributed by atoms with van der Waals surface area (Å²) in [6, 6.07) is 4.07. The number of nitrogens with one attached hydrogen (secondary N) is 1. The summed E-state index contributed by atoms with van der Waals surface area (Å²) < 4.78 is 6.24. The number of likely N-dealkylation sites (tertiary alicyclic amines) is 1. The van der Waals surface area contributed by atoms with Gasteiger partial charge >= 0.3 is 6.03 Å². The van der Waals surface area contributed by atoms with Gasteiger partial charge in [-0.1, -0.05) is 0 Å². The number of amides is 2. The van der Waals surface area contributed by atoms with Crippen molar-refractivity contribution in [1.82, 2.24) is 15.2 Å². The number of nitrogens with zero attached hydrogens (tertiary/aromatic N) is 3. The number of ether oxygens (including phenoxy) is 1. The lowest BCUT2D eigenvalue weighted by molar-refractivity contribution is 0.115. The summed E-state index contributed by atoms with van der Waals surface area (Å²) in [6.07, 6.45) is 8.12. The molecule has 2 aliphatic heterocycles. The van der Waals surface area contributed by atoms with E-state index in [0.717, 1.165) is 56.8 Å². The van der Waals surface area contributed by atoms with E-state index in [2.05, 4.69) is 15.2 Å². The van der Waals surface area contributed by atoms with E-state index in [0.29, 0.717) is 13.1 Å². The van der Waals surface area contributed by atoms with E-state index in [1.165, 1.54) is 12.8 Å². The summed E-state index contributed by atoms with van der Waals surface area (Å²) in [4.78, 5) is 21.2. The second kappa shape index (κ2) is 8.33. The average Bonchev–Trinajstić information content (AvgIpc) is 3.36. The van der Waals surface area contributed by atoms with Gasteiger partial charge in [0.15, 0.2) is 11.6 Å². The van der Waals surface area contributed by atoms with Crippen molar-refractivity contribution in [3.05, 3.63) is 18.3 Å². The lowest BCUT2D eigenvalue weighted by Crippen LogP contribution is -2.46. The van der Waals surface area contributed by atoms with Gasteiger partial charge in [0.05, 0.1) is 12.6 Å². The first kappa shape index (κ1) is 18.3. The van der Waals surface area contributed by atoms with E-state index in [1.807, 2.05) is 23.2 Å². The number of carbonyl (C=O) groups excluding carboxylic acids is 1. The molecule has 2 amide bonds. The first-order valence-electron chi connectivity index (χ1n) is 10.3. The van der Waals surface area contributed by atoms with Gasteiger partial charge in [0.25, 0.3) is 0 Å². The van der Waals surface area contributed by atoms with Crippen molar-refractivity contribution < 1.29 is 14.6 Å². The molecule has 1 unspecified atom stereocenters. The van der Waals surface area contributed by atoms with E-state index < -0.39 is 0 Å². The predicted octanol–water partition coefficient (Wildman–Crippen LogP) is 2.15. The molecule has 7 nitrogen and oxygen atoms in total. The van der Waals surface area contributed by atoms with E-state index in [1.54, 1.807) is 0 Å². The van der Waals surface area contributed by atoms with Gasteiger partial charge in [-0.15, -0.1) is 0 Å². The Morgan fingerprint density at radius 3 is 2.70 bits per heavy atom. The third-order valence-corrected chi connectivity index (χ3v) is 5.91. The van der Waals surface area contributed by atoms with Crippen LogP contribution in [0.5, 0.6) is 5.75 Å². The Morgan fingerprint density at radius 2 is 1.93 bits per heavy atom. The van der Waals surface area contributed by atoms with Gasteiger partial charge in [-0.25, -0.2) is 9.78 Å². The SMILES string of the molecule is O=C(NC1CCC(O)CC1)N1CCC(Oc2cccnc2N2CCCC2)C1. The lowest BCUT2D eigenvalue weighted by atomic mass is 9.93. The Kier molecular flexibility index (Phi) is 5.66. The molecule has 0 spiro atoms. The second-order valence-electron chi connectivity index (χ2n) is 7.95. The van der Waals surface area contributed by atoms with Crippen molar-refractivity contribution >= 4 is 11.8 Å². The molecule has 1 aliphatic carbocycles. The Labute approximate surface area is 160 Å². The average molecular weight is 374 g/mol. The van der Waals surface area contributed by atoms with Gasteiger partial charge < -0.3 is 25.0 Å². The molecule has 0 radical (unpaired) electrons. The highest BCUT2D eigenvalue weighted by molar-refractivity contribution is 5.75. The van der Waals surface area contributed by atoms with Crippen LogP contribution in [0.25, 0.3) is 0 Å². The number of pyridine rings is 1. The maximum Gasteiger partial charge on any atom is 0.317 e.